The molecular formula is C10H20O5. The van der Waals surface area contributed by atoms with Crippen LogP contribution >= 0.6 is 0 Å². The lowest BCUT2D eigenvalue weighted by molar-refractivity contribution is -0.141. The molecule has 0 spiro atoms. The van der Waals surface area contributed by atoms with E-state index in [4.69, 9.17) is 5.11 Å². The van der Waals surface area contributed by atoms with E-state index in [9.17, 15) is 15.0 Å². The molecule has 0 aliphatic rings. The molecule has 90 valence electrons. The highest BCUT2D eigenvalue weighted by atomic mass is 16.5. The van der Waals surface area contributed by atoms with Crippen molar-refractivity contribution in [3.63, 3.8) is 0 Å². The molecule has 0 bridgehead atoms. The molecule has 5 nitrogen and oxygen atoms in total. The molecule has 0 radical (unpaired) electrons. The number of hydrogen-bond acceptors (Lipinski definition) is 5. The van der Waals surface area contributed by atoms with Crippen LogP contribution in [0.15, 0.2) is 0 Å². The Bertz CT molecular complexity index is 190. The number of aliphatic hydroxyl groups excluding tert-OH is 2. The number of hydrogen-bond donors (Lipinski definition) is 3. The average Bonchev–Trinajstić information content (AvgIpc) is 2.17. The highest BCUT2D eigenvalue weighted by molar-refractivity contribution is 5.68. The zero-order valence-corrected chi connectivity index (χ0v) is 9.27. The summed E-state index contributed by atoms with van der Waals surface area (Å²) in [5.74, 6) is -0.331. The second-order valence-corrected chi connectivity index (χ2v) is 3.81. The molecule has 0 aromatic rings. The third kappa shape index (κ3) is 5.71. The number of ether oxygens (including phenoxy) is 1. The molecule has 0 aliphatic carbocycles. The van der Waals surface area contributed by atoms with Crippen molar-refractivity contribution < 1.29 is 24.9 Å². The minimum atomic E-state index is -1.27. The van der Waals surface area contributed by atoms with Crippen LogP contribution in [0.1, 0.15) is 32.6 Å². The van der Waals surface area contributed by atoms with Gasteiger partial charge in [-0.05, 0) is 26.2 Å². The molecule has 0 amide bonds. The molecule has 0 aliphatic heterocycles. The van der Waals surface area contributed by atoms with Crippen LogP contribution in [0.3, 0.4) is 0 Å². The number of carbonyl (C=O) groups is 1. The Kier molecular flexibility index (Phi) is 6.47. The lowest BCUT2D eigenvalue weighted by Crippen LogP contribution is -2.39. The van der Waals surface area contributed by atoms with Crippen LogP contribution in [-0.4, -0.2) is 46.7 Å². The molecule has 2 unspecified atom stereocenters. The van der Waals surface area contributed by atoms with E-state index in [2.05, 4.69) is 4.74 Å². The van der Waals surface area contributed by atoms with Crippen LogP contribution < -0.4 is 0 Å². The predicted molar refractivity (Wildman–Crippen MR) is 54.2 cm³/mol. The first-order chi connectivity index (χ1) is 6.94. The Balaban J connectivity index is 3.87. The van der Waals surface area contributed by atoms with Crippen molar-refractivity contribution in [2.24, 2.45) is 0 Å². The molecule has 0 saturated carbocycles. The minimum Gasteiger partial charge on any atom is -0.469 e. The van der Waals surface area contributed by atoms with Gasteiger partial charge < -0.3 is 20.1 Å². The Labute approximate surface area is 89.7 Å². The molecule has 0 rings (SSSR count). The van der Waals surface area contributed by atoms with Crippen molar-refractivity contribution in [1.29, 1.82) is 0 Å². The van der Waals surface area contributed by atoms with Gasteiger partial charge in [-0.25, -0.2) is 0 Å². The SMILES string of the molecule is COC(=O)CCCC(C)(O)C(O)CCO. The summed E-state index contributed by atoms with van der Waals surface area (Å²) in [6.45, 7) is 1.32. The van der Waals surface area contributed by atoms with E-state index in [0.717, 1.165) is 0 Å². The summed E-state index contributed by atoms with van der Waals surface area (Å²) in [5, 5.41) is 27.9. The molecule has 3 N–H and O–H groups in total. The van der Waals surface area contributed by atoms with Gasteiger partial charge in [0.15, 0.2) is 0 Å². The number of esters is 1. The summed E-state index contributed by atoms with van der Waals surface area (Å²) >= 11 is 0. The zero-order valence-electron chi connectivity index (χ0n) is 9.27. The second kappa shape index (κ2) is 6.76. The fraction of sp³-hybridized carbons (Fsp3) is 0.900. The second-order valence-electron chi connectivity index (χ2n) is 3.81. The van der Waals surface area contributed by atoms with Crippen molar-refractivity contribution in [2.75, 3.05) is 13.7 Å². The van der Waals surface area contributed by atoms with Gasteiger partial charge in [0.1, 0.15) is 0 Å². The Hall–Kier alpha value is -0.650. The van der Waals surface area contributed by atoms with E-state index < -0.39 is 11.7 Å². The van der Waals surface area contributed by atoms with E-state index >= 15 is 0 Å². The molecule has 2 atom stereocenters. The highest BCUT2D eigenvalue weighted by Crippen LogP contribution is 2.20. The lowest BCUT2D eigenvalue weighted by Gasteiger charge is -2.28. The van der Waals surface area contributed by atoms with Crippen molar-refractivity contribution in [3.05, 3.63) is 0 Å². The van der Waals surface area contributed by atoms with E-state index in [1.807, 2.05) is 0 Å². The Morgan fingerprint density at radius 1 is 1.53 bits per heavy atom. The number of rotatable bonds is 7. The summed E-state index contributed by atoms with van der Waals surface area (Å²) in [7, 11) is 1.31. The molecule has 0 aromatic carbocycles. The molecule has 15 heavy (non-hydrogen) atoms. The zero-order chi connectivity index (χ0) is 11.9. The van der Waals surface area contributed by atoms with Crippen LogP contribution in [0.4, 0.5) is 0 Å². The van der Waals surface area contributed by atoms with Gasteiger partial charge in [-0.15, -0.1) is 0 Å². The predicted octanol–water partition coefficient (Wildman–Crippen LogP) is -0.176. The minimum absolute atomic E-state index is 0.130. The smallest absolute Gasteiger partial charge is 0.305 e. The van der Waals surface area contributed by atoms with Crippen molar-refractivity contribution in [1.82, 2.24) is 0 Å². The summed E-state index contributed by atoms with van der Waals surface area (Å²) < 4.78 is 4.45. The number of carbonyl (C=O) groups excluding carboxylic acids is 1. The van der Waals surface area contributed by atoms with Crippen molar-refractivity contribution >= 4 is 5.97 Å². The quantitative estimate of drug-likeness (QED) is 0.518. The van der Waals surface area contributed by atoms with Crippen molar-refractivity contribution in [2.45, 2.75) is 44.3 Å². The van der Waals surface area contributed by atoms with Crippen molar-refractivity contribution in [3.8, 4) is 0 Å². The first-order valence-corrected chi connectivity index (χ1v) is 5.02. The molecule has 0 saturated heterocycles. The Morgan fingerprint density at radius 3 is 2.60 bits per heavy atom. The van der Waals surface area contributed by atoms with Gasteiger partial charge in [0.05, 0.1) is 18.8 Å². The largest absolute Gasteiger partial charge is 0.469 e. The first-order valence-electron chi connectivity index (χ1n) is 5.02. The average molecular weight is 220 g/mol. The monoisotopic (exact) mass is 220 g/mol. The number of methoxy groups -OCH3 is 1. The Morgan fingerprint density at radius 2 is 2.13 bits per heavy atom. The van der Waals surface area contributed by atoms with Gasteiger partial charge in [-0.2, -0.15) is 0 Å². The van der Waals surface area contributed by atoms with Gasteiger partial charge in [0.25, 0.3) is 0 Å². The van der Waals surface area contributed by atoms with Crippen LogP contribution in [0, 0.1) is 0 Å². The highest BCUT2D eigenvalue weighted by Gasteiger charge is 2.29. The number of aliphatic hydroxyl groups is 3. The van der Waals surface area contributed by atoms with Crippen LogP contribution in [0.5, 0.6) is 0 Å². The maximum atomic E-state index is 10.8. The standard InChI is InChI=1S/C10H20O5/c1-10(14,8(12)5-7-11)6-3-4-9(13)15-2/h8,11-12,14H,3-7H2,1-2H3. The summed E-state index contributed by atoms with van der Waals surface area (Å²) in [6.07, 6.45) is 0.120. The lowest BCUT2D eigenvalue weighted by atomic mass is 9.91. The third-order valence-corrected chi connectivity index (χ3v) is 2.41. The molecular weight excluding hydrogens is 200 g/mol. The van der Waals surface area contributed by atoms with E-state index in [1.165, 1.54) is 14.0 Å². The third-order valence-electron chi connectivity index (χ3n) is 2.41. The van der Waals surface area contributed by atoms with Crippen LogP contribution in [0.25, 0.3) is 0 Å². The summed E-state index contributed by atoms with van der Waals surface area (Å²) in [4.78, 5) is 10.8. The fourth-order valence-electron chi connectivity index (χ4n) is 1.29. The van der Waals surface area contributed by atoms with Gasteiger partial charge in [0.2, 0.25) is 0 Å². The topological polar surface area (TPSA) is 87.0 Å². The molecule has 0 aromatic heterocycles. The molecule has 0 heterocycles. The normalized spacial score (nSPS) is 16.9. The van der Waals surface area contributed by atoms with Gasteiger partial charge in [-0.1, -0.05) is 0 Å². The van der Waals surface area contributed by atoms with E-state index in [-0.39, 0.29) is 25.4 Å². The maximum absolute atomic E-state index is 10.8. The van der Waals surface area contributed by atoms with Gasteiger partial charge in [0, 0.05) is 13.0 Å². The summed E-state index contributed by atoms with van der Waals surface area (Å²) in [5.41, 5.74) is -1.27. The van der Waals surface area contributed by atoms with Crippen LogP contribution in [-0.2, 0) is 9.53 Å². The molecule has 5 heteroatoms. The maximum Gasteiger partial charge on any atom is 0.305 e. The van der Waals surface area contributed by atoms with Gasteiger partial charge in [-0.3, -0.25) is 4.79 Å². The summed E-state index contributed by atoms with van der Waals surface area (Å²) in [6, 6.07) is 0. The fourth-order valence-corrected chi connectivity index (χ4v) is 1.29. The van der Waals surface area contributed by atoms with Crippen LogP contribution in [0.2, 0.25) is 0 Å². The molecule has 0 fully saturated rings. The first kappa shape index (κ1) is 14.3. The van der Waals surface area contributed by atoms with E-state index in [1.54, 1.807) is 0 Å². The van der Waals surface area contributed by atoms with E-state index in [0.29, 0.717) is 12.8 Å². The van der Waals surface area contributed by atoms with Gasteiger partial charge >= 0.3 is 5.97 Å².